The van der Waals surface area contributed by atoms with Crippen LogP contribution < -0.4 is 16.0 Å². The van der Waals surface area contributed by atoms with Crippen molar-refractivity contribution >= 4 is 0 Å². The van der Waals surface area contributed by atoms with Crippen molar-refractivity contribution in [1.29, 1.82) is 0 Å². The lowest BCUT2D eigenvalue weighted by Crippen LogP contribution is -2.73. The highest BCUT2D eigenvalue weighted by atomic mass is 16.5. The Morgan fingerprint density at radius 2 is 0.735 bits per heavy atom. The molecule has 0 aromatic heterocycles. The molecule has 8 aliphatic carbocycles. The second kappa shape index (κ2) is 14.6. The molecule has 10 rings (SSSR count). The summed E-state index contributed by atoms with van der Waals surface area (Å²) in [6.45, 7) is 0. The molecule has 10 fully saturated rings. The third kappa shape index (κ3) is 6.45. The average molecular weight is 674 g/mol. The summed E-state index contributed by atoms with van der Waals surface area (Å²) in [5.41, 5.74) is 0. The number of ether oxygens (including phenoxy) is 1. The molecule has 17 unspecified atom stereocenters. The van der Waals surface area contributed by atoms with Gasteiger partial charge in [0.05, 0.1) is 30.7 Å². The smallest absolute Gasteiger partial charge is 0.0641 e. The first-order valence-electron chi connectivity index (χ1n) is 23.2. The van der Waals surface area contributed by atoms with Gasteiger partial charge in [-0.1, -0.05) is 89.9 Å². The van der Waals surface area contributed by atoms with E-state index in [4.69, 9.17) is 4.74 Å². The van der Waals surface area contributed by atoms with E-state index >= 15 is 0 Å². The lowest BCUT2D eigenvalue weighted by atomic mass is 9.56. The highest BCUT2D eigenvalue weighted by Crippen LogP contribution is 2.59. The minimum atomic E-state index is 0.494. The molecule has 4 nitrogen and oxygen atoms in total. The maximum atomic E-state index is 7.61. The van der Waals surface area contributed by atoms with E-state index in [1.165, 1.54) is 148 Å². The lowest BCUT2D eigenvalue weighted by Gasteiger charge is -2.55. The Morgan fingerprint density at radius 3 is 1.49 bits per heavy atom. The first-order valence-corrected chi connectivity index (χ1v) is 23.2. The van der Waals surface area contributed by atoms with Crippen LogP contribution in [-0.4, -0.2) is 30.7 Å². The molecule has 0 aromatic carbocycles. The standard InChI is InChI=1S/C45H75N3O/c1-2-13-30(14-3-1)43-46-44(34-24-22-29-12-5-7-16-32(29)26-34)48-45(47-43)40-27-39-38-20-10-19-35(33-23-21-28-11-4-6-15-31(28)25-33)41(38)49-42(39)37-18-9-8-17-36(37)40/h28-48H,1-27H2. The van der Waals surface area contributed by atoms with Crippen molar-refractivity contribution in [3.63, 3.8) is 0 Å². The number of hydrogen-bond donors (Lipinski definition) is 3. The van der Waals surface area contributed by atoms with Crippen LogP contribution >= 0.6 is 0 Å². The van der Waals surface area contributed by atoms with Crippen LogP contribution in [0.3, 0.4) is 0 Å². The van der Waals surface area contributed by atoms with Crippen molar-refractivity contribution in [1.82, 2.24) is 16.0 Å². The fraction of sp³-hybridized carbons (Fsp3) is 1.00. The monoisotopic (exact) mass is 674 g/mol. The molecule has 17 atom stereocenters. The molecule has 2 heterocycles. The Hall–Kier alpha value is -0.160. The van der Waals surface area contributed by atoms with E-state index in [1.807, 2.05) is 0 Å². The Morgan fingerprint density at radius 1 is 0.265 bits per heavy atom. The molecule has 2 saturated heterocycles. The molecule has 3 N–H and O–H groups in total. The van der Waals surface area contributed by atoms with Gasteiger partial charge in [-0.15, -0.1) is 0 Å². The summed E-state index contributed by atoms with van der Waals surface area (Å²) in [6, 6.07) is 0. The zero-order valence-electron chi connectivity index (χ0n) is 31.4. The Bertz CT molecular complexity index is 1110. The molecule has 0 aromatic rings. The van der Waals surface area contributed by atoms with Gasteiger partial charge < -0.3 is 4.74 Å². The maximum absolute atomic E-state index is 7.61. The molecule has 0 spiro atoms. The summed E-state index contributed by atoms with van der Waals surface area (Å²) in [7, 11) is 0. The maximum Gasteiger partial charge on any atom is 0.0641 e. The zero-order valence-corrected chi connectivity index (χ0v) is 31.4. The van der Waals surface area contributed by atoms with E-state index in [2.05, 4.69) is 16.0 Å². The highest BCUT2D eigenvalue weighted by molar-refractivity contribution is 5.08. The fourth-order valence-corrected chi connectivity index (χ4v) is 16.1. The highest BCUT2D eigenvalue weighted by Gasteiger charge is 2.59. The van der Waals surface area contributed by atoms with Gasteiger partial charge in [-0.25, -0.2) is 0 Å². The Kier molecular flexibility index (Phi) is 9.94. The van der Waals surface area contributed by atoms with Crippen LogP contribution in [0.1, 0.15) is 173 Å². The second-order valence-electron chi connectivity index (χ2n) is 20.6. The van der Waals surface area contributed by atoms with Crippen LogP contribution in [0.4, 0.5) is 0 Å². The molecule has 0 amide bonds. The second-order valence-corrected chi connectivity index (χ2v) is 20.6. The van der Waals surface area contributed by atoms with Gasteiger partial charge >= 0.3 is 0 Å². The Labute approximate surface area is 301 Å². The van der Waals surface area contributed by atoms with E-state index < -0.39 is 0 Å². The van der Waals surface area contributed by atoms with Crippen molar-refractivity contribution in [2.45, 2.75) is 204 Å². The predicted molar refractivity (Wildman–Crippen MR) is 199 cm³/mol. The van der Waals surface area contributed by atoms with Crippen LogP contribution in [0.2, 0.25) is 0 Å². The minimum Gasteiger partial charge on any atom is -0.374 e. The van der Waals surface area contributed by atoms with Crippen LogP contribution in [-0.2, 0) is 4.74 Å². The van der Waals surface area contributed by atoms with Crippen molar-refractivity contribution in [3.05, 3.63) is 0 Å². The molecular weight excluding hydrogens is 599 g/mol. The van der Waals surface area contributed by atoms with Crippen LogP contribution in [0.15, 0.2) is 0 Å². The molecule has 0 radical (unpaired) electrons. The summed E-state index contributed by atoms with van der Waals surface area (Å²) in [4.78, 5) is 0. The number of nitrogens with one attached hydrogen (secondary N) is 3. The van der Waals surface area contributed by atoms with E-state index in [1.54, 1.807) is 25.7 Å². The molecule has 8 saturated carbocycles. The fourth-order valence-electron chi connectivity index (χ4n) is 16.1. The van der Waals surface area contributed by atoms with Crippen molar-refractivity contribution in [2.75, 3.05) is 0 Å². The van der Waals surface area contributed by atoms with Crippen LogP contribution in [0.5, 0.6) is 0 Å². The van der Waals surface area contributed by atoms with Gasteiger partial charge in [-0.05, 0) is 160 Å². The van der Waals surface area contributed by atoms with Gasteiger partial charge in [0.1, 0.15) is 0 Å². The van der Waals surface area contributed by atoms with Gasteiger partial charge in [0.15, 0.2) is 0 Å². The van der Waals surface area contributed by atoms with Crippen molar-refractivity contribution in [3.8, 4) is 0 Å². The zero-order chi connectivity index (χ0) is 32.3. The van der Waals surface area contributed by atoms with Crippen LogP contribution in [0.25, 0.3) is 0 Å². The molecule has 0 bridgehead atoms. The van der Waals surface area contributed by atoms with Gasteiger partial charge in [0, 0.05) is 0 Å². The largest absolute Gasteiger partial charge is 0.374 e. The van der Waals surface area contributed by atoms with Gasteiger partial charge in [0.2, 0.25) is 0 Å². The lowest BCUT2D eigenvalue weighted by molar-refractivity contribution is -0.105. The van der Waals surface area contributed by atoms with E-state index in [0.717, 1.165) is 76.9 Å². The Balaban J connectivity index is 0.894. The number of rotatable bonds is 4. The molecule has 4 heteroatoms. The first kappa shape index (κ1) is 33.4. The van der Waals surface area contributed by atoms with E-state index in [-0.39, 0.29) is 0 Å². The average Bonchev–Trinajstić information content (AvgIpc) is 3.56. The molecule has 2 aliphatic heterocycles. The molecular formula is C45H75N3O. The normalized spacial score (nSPS) is 53.8. The summed E-state index contributed by atoms with van der Waals surface area (Å²) < 4.78 is 7.61. The topological polar surface area (TPSA) is 45.3 Å². The van der Waals surface area contributed by atoms with Crippen LogP contribution in [0, 0.1) is 76.9 Å². The molecule has 49 heavy (non-hydrogen) atoms. The van der Waals surface area contributed by atoms with E-state index in [9.17, 15) is 0 Å². The summed E-state index contributed by atoms with van der Waals surface area (Å²) >= 11 is 0. The molecule has 276 valence electrons. The van der Waals surface area contributed by atoms with E-state index in [0.29, 0.717) is 30.7 Å². The minimum absolute atomic E-state index is 0.494. The third-order valence-corrected chi connectivity index (χ3v) is 18.5. The summed E-state index contributed by atoms with van der Waals surface area (Å²) in [5, 5.41) is 13.2. The predicted octanol–water partition coefficient (Wildman–Crippen LogP) is 10.2. The summed E-state index contributed by atoms with van der Waals surface area (Å²) in [6.07, 6.45) is 42.9. The first-order chi connectivity index (χ1) is 24.3. The molecule has 10 aliphatic rings. The van der Waals surface area contributed by atoms with Gasteiger partial charge in [0.25, 0.3) is 0 Å². The number of hydrogen-bond acceptors (Lipinski definition) is 4. The number of fused-ring (bicyclic) bond motifs is 7. The van der Waals surface area contributed by atoms with Gasteiger partial charge in [-0.2, -0.15) is 0 Å². The van der Waals surface area contributed by atoms with Crippen molar-refractivity contribution in [2.24, 2.45) is 76.9 Å². The summed E-state index contributed by atoms with van der Waals surface area (Å²) in [5.74, 6) is 11.8. The van der Waals surface area contributed by atoms with Gasteiger partial charge in [-0.3, -0.25) is 16.0 Å². The van der Waals surface area contributed by atoms with Crippen molar-refractivity contribution < 1.29 is 4.74 Å². The third-order valence-electron chi connectivity index (χ3n) is 18.5. The SMILES string of the molecule is C1CCC(C2NC(C3CCC4CCCCC4C3)NC(C3CC4C5CCCC(C6CCC7CCCCC7C6)C5OC4C4CCCCC34)N2)CC1. The quantitative estimate of drug-likeness (QED) is 0.278.